The highest BCUT2D eigenvalue weighted by molar-refractivity contribution is 6.30. The summed E-state index contributed by atoms with van der Waals surface area (Å²) in [6.45, 7) is 2.10. The van der Waals surface area contributed by atoms with E-state index in [-0.39, 0.29) is 18.9 Å². The molecular formula is C18H23ClN2O4. The fourth-order valence-electron chi connectivity index (χ4n) is 3.08. The molecule has 6 nitrogen and oxygen atoms in total. The van der Waals surface area contributed by atoms with E-state index < -0.39 is 17.4 Å². The lowest BCUT2D eigenvalue weighted by atomic mass is 9.87. The number of benzene rings is 1. The molecule has 0 radical (unpaired) electrons. The number of hydrogen-bond donors (Lipinski definition) is 2. The molecule has 0 aliphatic carbocycles. The molecule has 1 unspecified atom stereocenters. The van der Waals surface area contributed by atoms with Gasteiger partial charge in [0.25, 0.3) is 0 Å². The number of hydrogen-bond acceptors (Lipinski definition) is 3. The Labute approximate surface area is 152 Å². The van der Waals surface area contributed by atoms with Crippen LogP contribution in [0.3, 0.4) is 0 Å². The molecule has 2 rings (SSSR count). The van der Waals surface area contributed by atoms with Crippen LogP contribution in [-0.4, -0.2) is 40.9 Å². The van der Waals surface area contributed by atoms with Gasteiger partial charge in [-0.1, -0.05) is 37.1 Å². The summed E-state index contributed by atoms with van der Waals surface area (Å²) in [4.78, 5) is 38.0. The molecule has 1 aliphatic heterocycles. The molecule has 0 bridgehead atoms. The molecule has 1 aromatic carbocycles. The van der Waals surface area contributed by atoms with Crippen molar-refractivity contribution in [1.82, 2.24) is 10.2 Å². The number of likely N-dealkylation sites (tertiary alicyclic amines) is 1. The molecule has 2 N–H and O–H groups in total. The number of amides is 2. The SMILES string of the molecule is CCC(NC(=O)CN1CCCCCC1=O)(C(=O)O)c1ccc(Cl)cc1. The van der Waals surface area contributed by atoms with Crippen molar-refractivity contribution in [2.45, 2.75) is 44.6 Å². The van der Waals surface area contributed by atoms with Crippen molar-refractivity contribution in [2.75, 3.05) is 13.1 Å². The Bertz CT molecular complexity index is 647. The van der Waals surface area contributed by atoms with Crippen LogP contribution in [0.4, 0.5) is 0 Å². The fourth-order valence-corrected chi connectivity index (χ4v) is 3.21. The third-order valence-corrected chi connectivity index (χ3v) is 4.84. The van der Waals surface area contributed by atoms with Crippen LogP contribution in [0.2, 0.25) is 5.02 Å². The second-order valence-electron chi connectivity index (χ2n) is 6.25. The Morgan fingerprint density at radius 1 is 1.24 bits per heavy atom. The molecule has 1 fully saturated rings. The number of rotatable bonds is 6. The Morgan fingerprint density at radius 2 is 1.92 bits per heavy atom. The van der Waals surface area contributed by atoms with Crippen molar-refractivity contribution < 1.29 is 19.5 Å². The van der Waals surface area contributed by atoms with Crippen molar-refractivity contribution in [3.05, 3.63) is 34.9 Å². The van der Waals surface area contributed by atoms with Crippen molar-refractivity contribution in [2.24, 2.45) is 0 Å². The predicted molar refractivity (Wildman–Crippen MR) is 94.2 cm³/mol. The van der Waals surface area contributed by atoms with Gasteiger partial charge in [0.2, 0.25) is 11.8 Å². The zero-order chi connectivity index (χ0) is 18.4. The van der Waals surface area contributed by atoms with E-state index in [1.165, 1.54) is 4.90 Å². The standard InChI is InChI=1S/C18H23ClN2O4/c1-2-18(17(24)25,13-7-9-14(19)10-8-13)20-15(22)12-21-11-5-3-4-6-16(21)23/h7-10H,2-6,11-12H2,1H3,(H,20,22)(H,24,25). The van der Waals surface area contributed by atoms with Gasteiger partial charge in [0.15, 0.2) is 5.54 Å². The second-order valence-corrected chi connectivity index (χ2v) is 6.68. The van der Waals surface area contributed by atoms with E-state index in [1.54, 1.807) is 31.2 Å². The molecule has 2 amide bonds. The number of carboxylic acid groups (broad SMARTS) is 1. The van der Waals surface area contributed by atoms with Crippen LogP contribution >= 0.6 is 11.6 Å². The van der Waals surface area contributed by atoms with Crippen LogP contribution in [0, 0.1) is 0 Å². The summed E-state index contributed by atoms with van der Waals surface area (Å²) >= 11 is 5.87. The molecule has 1 atom stereocenters. The number of carbonyl (C=O) groups excluding carboxylic acids is 2. The monoisotopic (exact) mass is 366 g/mol. The topological polar surface area (TPSA) is 86.7 Å². The maximum atomic E-state index is 12.5. The van der Waals surface area contributed by atoms with Gasteiger partial charge in [0, 0.05) is 18.0 Å². The van der Waals surface area contributed by atoms with Crippen LogP contribution in [0.15, 0.2) is 24.3 Å². The molecule has 0 saturated carbocycles. The summed E-state index contributed by atoms with van der Waals surface area (Å²) in [5.41, 5.74) is -1.10. The highest BCUT2D eigenvalue weighted by Gasteiger charge is 2.40. The molecular weight excluding hydrogens is 344 g/mol. The first-order chi connectivity index (χ1) is 11.9. The molecule has 7 heteroatoms. The zero-order valence-corrected chi connectivity index (χ0v) is 15.0. The molecule has 1 aliphatic rings. The number of nitrogens with one attached hydrogen (secondary N) is 1. The summed E-state index contributed by atoms with van der Waals surface area (Å²) in [5.74, 6) is -1.68. The third kappa shape index (κ3) is 4.51. The van der Waals surface area contributed by atoms with Crippen LogP contribution in [0.1, 0.15) is 44.6 Å². The van der Waals surface area contributed by atoms with E-state index >= 15 is 0 Å². The normalized spacial score (nSPS) is 17.5. The Morgan fingerprint density at radius 3 is 2.52 bits per heavy atom. The predicted octanol–water partition coefficient (Wildman–Crippen LogP) is 2.55. The van der Waals surface area contributed by atoms with Gasteiger partial charge in [-0.25, -0.2) is 4.79 Å². The molecule has 136 valence electrons. The van der Waals surface area contributed by atoms with Crippen molar-refractivity contribution in [1.29, 1.82) is 0 Å². The first kappa shape index (κ1) is 19.2. The van der Waals surface area contributed by atoms with Gasteiger partial charge in [-0.2, -0.15) is 0 Å². The second kappa shape index (κ2) is 8.34. The van der Waals surface area contributed by atoms with Crippen molar-refractivity contribution in [3.63, 3.8) is 0 Å². The van der Waals surface area contributed by atoms with E-state index in [0.29, 0.717) is 23.6 Å². The van der Waals surface area contributed by atoms with Gasteiger partial charge in [-0.05, 0) is 37.0 Å². The van der Waals surface area contributed by atoms with Gasteiger partial charge >= 0.3 is 5.97 Å². The Balaban J connectivity index is 2.18. The smallest absolute Gasteiger partial charge is 0.334 e. The van der Waals surface area contributed by atoms with Crippen molar-refractivity contribution >= 4 is 29.4 Å². The summed E-state index contributed by atoms with van der Waals surface area (Å²) < 4.78 is 0. The van der Waals surface area contributed by atoms with Gasteiger partial charge in [-0.15, -0.1) is 0 Å². The number of aliphatic carboxylic acids is 1. The van der Waals surface area contributed by atoms with E-state index in [2.05, 4.69) is 5.32 Å². The van der Waals surface area contributed by atoms with Crippen LogP contribution < -0.4 is 5.32 Å². The third-order valence-electron chi connectivity index (χ3n) is 4.59. The highest BCUT2D eigenvalue weighted by atomic mass is 35.5. The summed E-state index contributed by atoms with van der Waals surface area (Å²) in [7, 11) is 0. The molecule has 25 heavy (non-hydrogen) atoms. The Hall–Kier alpha value is -2.08. The molecule has 0 aromatic heterocycles. The maximum absolute atomic E-state index is 12.5. The van der Waals surface area contributed by atoms with Crippen molar-refractivity contribution in [3.8, 4) is 0 Å². The lowest BCUT2D eigenvalue weighted by molar-refractivity contribution is -0.149. The molecule has 1 aromatic rings. The number of nitrogens with zero attached hydrogens (tertiary/aromatic N) is 1. The van der Waals surface area contributed by atoms with E-state index in [9.17, 15) is 19.5 Å². The quantitative estimate of drug-likeness (QED) is 0.810. The average molecular weight is 367 g/mol. The number of carboxylic acids is 1. The van der Waals surface area contributed by atoms with Crippen LogP contribution in [0.25, 0.3) is 0 Å². The Kier molecular flexibility index (Phi) is 6.42. The van der Waals surface area contributed by atoms with E-state index in [0.717, 1.165) is 19.3 Å². The summed E-state index contributed by atoms with van der Waals surface area (Å²) in [6.07, 6.45) is 3.25. The highest BCUT2D eigenvalue weighted by Crippen LogP contribution is 2.27. The number of halogens is 1. The molecule has 1 heterocycles. The zero-order valence-electron chi connectivity index (χ0n) is 14.3. The first-order valence-electron chi connectivity index (χ1n) is 8.47. The van der Waals surface area contributed by atoms with Gasteiger partial charge < -0.3 is 15.3 Å². The van der Waals surface area contributed by atoms with Crippen LogP contribution in [-0.2, 0) is 19.9 Å². The number of carbonyl (C=O) groups is 3. The average Bonchev–Trinajstić information content (AvgIpc) is 2.78. The minimum Gasteiger partial charge on any atom is -0.479 e. The van der Waals surface area contributed by atoms with Gasteiger partial charge in [0.1, 0.15) is 0 Å². The minimum atomic E-state index is -1.55. The fraction of sp³-hybridized carbons (Fsp3) is 0.500. The largest absolute Gasteiger partial charge is 0.479 e. The minimum absolute atomic E-state index is 0.0587. The first-order valence-corrected chi connectivity index (χ1v) is 8.85. The molecule has 0 spiro atoms. The van der Waals surface area contributed by atoms with E-state index in [4.69, 9.17) is 11.6 Å². The van der Waals surface area contributed by atoms with Gasteiger partial charge in [-0.3, -0.25) is 9.59 Å². The van der Waals surface area contributed by atoms with Crippen LogP contribution in [0.5, 0.6) is 0 Å². The summed E-state index contributed by atoms with van der Waals surface area (Å²) in [6, 6.07) is 6.37. The van der Waals surface area contributed by atoms with E-state index in [1.807, 2.05) is 0 Å². The molecule has 1 saturated heterocycles. The summed E-state index contributed by atoms with van der Waals surface area (Å²) in [5, 5.41) is 12.9. The van der Waals surface area contributed by atoms with Gasteiger partial charge in [0.05, 0.1) is 6.54 Å². The lowest BCUT2D eigenvalue weighted by Crippen LogP contribution is -2.54. The maximum Gasteiger partial charge on any atom is 0.334 e. The lowest BCUT2D eigenvalue weighted by Gasteiger charge is -2.31.